The molecule has 0 bridgehead atoms. The van der Waals surface area contributed by atoms with Gasteiger partial charge in [-0.1, -0.05) is 49.6 Å². The van der Waals surface area contributed by atoms with Crippen molar-refractivity contribution >= 4 is 11.7 Å². The maximum absolute atomic E-state index is 10.4. The Kier molecular flexibility index (Phi) is 7.73. The molecule has 140 valence electrons. The van der Waals surface area contributed by atoms with Gasteiger partial charge in [-0.05, 0) is 31.6 Å². The summed E-state index contributed by atoms with van der Waals surface area (Å²) in [4.78, 5) is 15.2. The Bertz CT molecular complexity index is 536. The fraction of sp³-hybridized carbons (Fsp3) is 0.789. The molecule has 2 saturated carbocycles. The van der Waals surface area contributed by atoms with Gasteiger partial charge in [0.05, 0.1) is 17.7 Å². The van der Waals surface area contributed by atoms with Gasteiger partial charge < -0.3 is 20.2 Å². The van der Waals surface area contributed by atoms with Crippen molar-refractivity contribution in [2.45, 2.75) is 70.5 Å². The van der Waals surface area contributed by atoms with E-state index in [1.165, 1.54) is 19.3 Å². The van der Waals surface area contributed by atoms with Crippen molar-refractivity contribution in [3.05, 3.63) is 0 Å². The quantitative estimate of drug-likeness (QED) is 0.336. The Morgan fingerprint density at radius 1 is 1.36 bits per heavy atom. The Labute approximate surface area is 149 Å². The summed E-state index contributed by atoms with van der Waals surface area (Å²) in [5.41, 5.74) is 0.811. The van der Waals surface area contributed by atoms with Gasteiger partial charge in [0, 0.05) is 5.92 Å². The number of carboxylic acid groups (broad SMARTS) is 1. The van der Waals surface area contributed by atoms with E-state index in [2.05, 4.69) is 23.9 Å². The maximum Gasteiger partial charge on any atom is 0.344 e. The van der Waals surface area contributed by atoms with Crippen molar-refractivity contribution in [1.82, 2.24) is 0 Å². The van der Waals surface area contributed by atoms with Crippen LogP contribution in [0.3, 0.4) is 0 Å². The SMILES string of the molecule is CCCCCCCC(O)C#CC1C(O)CC2C(=NOCC(=O)O)CC21. The maximum atomic E-state index is 10.4. The third kappa shape index (κ3) is 5.72. The number of hydrogen-bond donors (Lipinski definition) is 3. The van der Waals surface area contributed by atoms with Crippen LogP contribution < -0.4 is 0 Å². The summed E-state index contributed by atoms with van der Waals surface area (Å²) in [6.07, 6.45) is 6.53. The molecule has 0 amide bonds. The Hall–Kier alpha value is -1.58. The third-order valence-electron chi connectivity index (χ3n) is 5.13. The fourth-order valence-electron chi connectivity index (χ4n) is 3.69. The van der Waals surface area contributed by atoms with Gasteiger partial charge in [0.25, 0.3) is 0 Å². The number of fused-ring (bicyclic) bond motifs is 1. The third-order valence-corrected chi connectivity index (χ3v) is 5.13. The lowest BCUT2D eigenvalue weighted by Crippen LogP contribution is -2.36. The van der Waals surface area contributed by atoms with E-state index in [0.29, 0.717) is 19.3 Å². The van der Waals surface area contributed by atoms with Gasteiger partial charge >= 0.3 is 5.97 Å². The number of aliphatic hydroxyl groups excluding tert-OH is 2. The minimum absolute atomic E-state index is 0.120. The monoisotopic (exact) mass is 351 g/mol. The fourth-order valence-corrected chi connectivity index (χ4v) is 3.69. The highest BCUT2D eigenvalue weighted by atomic mass is 16.6. The zero-order valence-corrected chi connectivity index (χ0v) is 14.9. The number of nitrogens with zero attached hydrogens (tertiary/aromatic N) is 1. The first-order valence-electron chi connectivity index (χ1n) is 9.30. The van der Waals surface area contributed by atoms with Crippen molar-refractivity contribution in [2.75, 3.05) is 6.61 Å². The molecule has 6 nitrogen and oxygen atoms in total. The molecular weight excluding hydrogens is 322 g/mol. The van der Waals surface area contributed by atoms with Crippen LogP contribution in [0.15, 0.2) is 5.16 Å². The molecule has 2 fully saturated rings. The van der Waals surface area contributed by atoms with Crippen LogP contribution in [0.1, 0.15) is 58.3 Å². The molecule has 25 heavy (non-hydrogen) atoms. The average molecular weight is 351 g/mol. The van der Waals surface area contributed by atoms with E-state index in [4.69, 9.17) is 9.94 Å². The van der Waals surface area contributed by atoms with Crippen LogP contribution in [0.25, 0.3) is 0 Å². The van der Waals surface area contributed by atoms with Gasteiger partial charge in [-0.15, -0.1) is 0 Å². The molecule has 0 aromatic rings. The van der Waals surface area contributed by atoms with Crippen LogP contribution >= 0.6 is 0 Å². The average Bonchev–Trinajstić information content (AvgIpc) is 2.80. The summed E-state index contributed by atoms with van der Waals surface area (Å²) in [5.74, 6) is 5.12. The topological polar surface area (TPSA) is 99.4 Å². The number of unbranched alkanes of at least 4 members (excludes halogenated alkanes) is 4. The summed E-state index contributed by atoms with van der Waals surface area (Å²) >= 11 is 0. The van der Waals surface area contributed by atoms with E-state index < -0.39 is 24.8 Å². The molecule has 0 saturated heterocycles. The lowest BCUT2D eigenvalue weighted by molar-refractivity contribution is -0.142. The molecule has 0 radical (unpaired) electrons. The van der Waals surface area contributed by atoms with Crippen LogP contribution in [-0.4, -0.2) is 45.8 Å². The molecule has 0 aliphatic heterocycles. The second-order valence-electron chi connectivity index (χ2n) is 7.06. The smallest absolute Gasteiger partial charge is 0.344 e. The number of carboxylic acids is 1. The molecule has 2 rings (SSSR count). The highest BCUT2D eigenvalue weighted by Gasteiger charge is 2.51. The van der Waals surface area contributed by atoms with Crippen LogP contribution in [0.5, 0.6) is 0 Å². The molecule has 0 aromatic carbocycles. The molecule has 0 aromatic heterocycles. The van der Waals surface area contributed by atoms with E-state index in [1.54, 1.807) is 0 Å². The Morgan fingerprint density at radius 3 is 2.84 bits per heavy atom. The minimum atomic E-state index is -1.06. The molecule has 2 aliphatic rings. The summed E-state index contributed by atoms with van der Waals surface area (Å²) in [6, 6.07) is 0. The number of carbonyl (C=O) groups is 1. The number of rotatable bonds is 9. The molecule has 2 aliphatic carbocycles. The number of aliphatic hydroxyl groups is 2. The Morgan fingerprint density at radius 2 is 2.12 bits per heavy atom. The minimum Gasteiger partial charge on any atom is -0.479 e. The van der Waals surface area contributed by atoms with Gasteiger partial charge in [-0.25, -0.2) is 4.79 Å². The number of oxime groups is 1. The normalized spacial score (nSPS) is 30.1. The molecule has 5 atom stereocenters. The van der Waals surface area contributed by atoms with E-state index in [0.717, 1.165) is 18.6 Å². The predicted molar refractivity (Wildman–Crippen MR) is 93.9 cm³/mol. The van der Waals surface area contributed by atoms with Gasteiger partial charge in [-0.3, -0.25) is 0 Å². The van der Waals surface area contributed by atoms with Crippen LogP contribution in [-0.2, 0) is 9.63 Å². The highest BCUT2D eigenvalue weighted by molar-refractivity contribution is 5.93. The molecule has 6 heteroatoms. The molecule has 5 unspecified atom stereocenters. The van der Waals surface area contributed by atoms with E-state index >= 15 is 0 Å². The van der Waals surface area contributed by atoms with Crippen molar-refractivity contribution in [2.24, 2.45) is 22.9 Å². The van der Waals surface area contributed by atoms with Gasteiger partial charge in [-0.2, -0.15) is 0 Å². The lowest BCUT2D eigenvalue weighted by atomic mass is 9.71. The van der Waals surface area contributed by atoms with Gasteiger partial charge in [0.15, 0.2) is 0 Å². The second-order valence-corrected chi connectivity index (χ2v) is 7.06. The zero-order chi connectivity index (χ0) is 18.2. The van der Waals surface area contributed by atoms with E-state index in [1.807, 2.05) is 0 Å². The van der Waals surface area contributed by atoms with Crippen LogP contribution in [0, 0.1) is 29.6 Å². The number of hydrogen-bond acceptors (Lipinski definition) is 5. The molecule has 3 N–H and O–H groups in total. The first kappa shape index (κ1) is 19.7. The van der Waals surface area contributed by atoms with Crippen molar-refractivity contribution in [3.8, 4) is 11.8 Å². The number of aliphatic carboxylic acids is 1. The lowest BCUT2D eigenvalue weighted by Gasteiger charge is -2.33. The van der Waals surface area contributed by atoms with Gasteiger partial charge in [0.2, 0.25) is 6.61 Å². The molecule has 0 heterocycles. The summed E-state index contributed by atoms with van der Waals surface area (Å²) in [7, 11) is 0. The second kappa shape index (κ2) is 9.79. The van der Waals surface area contributed by atoms with Crippen molar-refractivity contribution in [3.63, 3.8) is 0 Å². The first-order valence-corrected chi connectivity index (χ1v) is 9.30. The standard InChI is InChI=1S/C19H29NO5/c1-2-3-4-5-6-7-13(21)8-9-14-15-10-17(16(15)11-18(14)22)20-25-12-19(23)24/h13-16,18,21-22H,2-7,10-12H2,1H3,(H,23,24). The summed E-state index contributed by atoms with van der Waals surface area (Å²) in [6.45, 7) is 1.73. The van der Waals surface area contributed by atoms with Crippen molar-refractivity contribution < 1.29 is 25.0 Å². The van der Waals surface area contributed by atoms with Crippen LogP contribution in [0.4, 0.5) is 0 Å². The largest absolute Gasteiger partial charge is 0.479 e. The highest BCUT2D eigenvalue weighted by Crippen LogP contribution is 2.48. The molecular formula is C19H29NO5. The first-order chi connectivity index (χ1) is 12.0. The van der Waals surface area contributed by atoms with Crippen LogP contribution in [0.2, 0.25) is 0 Å². The van der Waals surface area contributed by atoms with E-state index in [9.17, 15) is 15.0 Å². The summed E-state index contributed by atoms with van der Waals surface area (Å²) in [5, 5.41) is 32.6. The van der Waals surface area contributed by atoms with Crippen molar-refractivity contribution in [1.29, 1.82) is 0 Å². The van der Waals surface area contributed by atoms with Gasteiger partial charge in [0.1, 0.15) is 6.10 Å². The Balaban J connectivity index is 1.76. The molecule has 0 spiro atoms. The zero-order valence-electron chi connectivity index (χ0n) is 14.9. The predicted octanol–water partition coefficient (Wildman–Crippen LogP) is 2.19. The van der Waals surface area contributed by atoms with E-state index in [-0.39, 0.29) is 17.8 Å². The summed E-state index contributed by atoms with van der Waals surface area (Å²) < 4.78 is 0.